The van der Waals surface area contributed by atoms with Gasteiger partial charge in [0.15, 0.2) is 0 Å². The number of rotatable bonds is 4. The highest BCUT2D eigenvalue weighted by molar-refractivity contribution is 5.84. The van der Waals surface area contributed by atoms with Crippen LogP contribution in [-0.2, 0) is 6.42 Å². The van der Waals surface area contributed by atoms with Gasteiger partial charge in [-0.15, -0.1) is 0 Å². The first-order valence-electron chi connectivity index (χ1n) is 10.6. The highest BCUT2D eigenvalue weighted by Gasteiger charge is 2.22. The third-order valence-corrected chi connectivity index (χ3v) is 6.43. The van der Waals surface area contributed by atoms with Gasteiger partial charge in [-0.25, -0.2) is 0 Å². The summed E-state index contributed by atoms with van der Waals surface area (Å²) in [6.45, 7) is 5.30. The van der Waals surface area contributed by atoms with Crippen molar-refractivity contribution >= 4 is 21.8 Å². The second kappa shape index (κ2) is 7.53. The molecule has 1 fully saturated rings. The summed E-state index contributed by atoms with van der Waals surface area (Å²) in [6, 6.07) is 16.7. The summed E-state index contributed by atoms with van der Waals surface area (Å²) in [5.74, 6) is 0.630. The highest BCUT2D eigenvalue weighted by Crippen LogP contribution is 2.33. The van der Waals surface area contributed by atoms with Crippen molar-refractivity contribution < 1.29 is 0 Å². The lowest BCUT2D eigenvalue weighted by Gasteiger charge is -2.32. The lowest BCUT2D eigenvalue weighted by Crippen LogP contribution is -2.34. The number of fused-ring (bicyclic) bond motifs is 2. The normalized spacial score (nSPS) is 16.0. The van der Waals surface area contributed by atoms with Crippen LogP contribution in [0.25, 0.3) is 21.8 Å². The van der Waals surface area contributed by atoms with E-state index in [0.717, 1.165) is 37.1 Å². The molecule has 0 atom stereocenters. The first kappa shape index (κ1) is 18.2. The van der Waals surface area contributed by atoms with Gasteiger partial charge in [0.25, 0.3) is 0 Å². The molecule has 4 aromatic rings. The number of H-pyrrole nitrogens is 2. The first-order valence-corrected chi connectivity index (χ1v) is 10.6. The third kappa shape index (κ3) is 3.60. The molecule has 4 heteroatoms. The molecule has 29 heavy (non-hydrogen) atoms. The van der Waals surface area contributed by atoms with E-state index in [9.17, 15) is 4.79 Å². The summed E-state index contributed by atoms with van der Waals surface area (Å²) in [5.41, 5.74) is 5.98. The number of nitrogens with zero attached hydrogens (tertiary/aromatic N) is 1. The van der Waals surface area contributed by atoms with Crippen molar-refractivity contribution in [1.82, 2.24) is 14.9 Å². The summed E-state index contributed by atoms with van der Waals surface area (Å²) in [4.78, 5) is 21.0. The van der Waals surface area contributed by atoms with Gasteiger partial charge in [-0.05, 0) is 74.0 Å². The number of para-hydroxylation sites is 1. The summed E-state index contributed by atoms with van der Waals surface area (Å²) in [5, 5.41) is 2.54. The van der Waals surface area contributed by atoms with E-state index in [-0.39, 0.29) is 5.56 Å². The maximum Gasteiger partial charge on any atom is 0.248 e. The minimum atomic E-state index is -0.00357. The van der Waals surface area contributed by atoms with Crippen LogP contribution in [0.2, 0.25) is 0 Å². The Morgan fingerprint density at radius 3 is 2.69 bits per heavy atom. The molecule has 0 unspecified atom stereocenters. The monoisotopic (exact) mass is 385 g/mol. The van der Waals surface area contributed by atoms with Gasteiger partial charge in [-0.1, -0.05) is 30.3 Å². The lowest BCUT2D eigenvalue weighted by atomic mass is 9.89. The summed E-state index contributed by atoms with van der Waals surface area (Å²) >= 11 is 0. The van der Waals surface area contributed by atoms with E-state index < -0.39 is 0 Å². The molecule has 1 aliphatic rings. The van der Waals surface area contributed by atoms with Crippen LogP contribution in [0.3, 0.4) is 0 Å². The van der Waals surface area contributed by atoms with Gasteiger partial charge < -0.3 is 14.9 Å². The molecule has 2 N–H and O–H groups in total. The average molecular weight is 386 g/mol. The van der Waals surface area contributed by atoms with Crippen LogP contribution in [0.4, 0.5) is 0 Å². The molecule has 0 amide bonds. The lowest BCUT2D eigenvalue weighted by molar-refractivity contribution is 0.215. The Bertz CT molecular complexity index is 1210. The molecule has 0 saturated carbocycles. The Kier molecular flexibility index (Phi) is 4.72. The molecule has 5 rings (SSSR count). The molecule has 0 bridgehead atoms. The van der Waals surface area contributed by atoms with Crippen LogP contribution in [0.15, 0.2) is 59.5 Å². The van der Waals surface area contributed by atoms with Crippen LogP contribution >= 0.6 is 0 Å². The Morgan fingerprint density at radius 1 is 1.00 bits per heavy atom. The van der Waals surface area contributed by atoms with Crippen molar-refractivity contribution in [2.45, 2.75) is 32.1 Å². The Balaban J connectivity index is 1.26. The van der Waals surface area contributed by atoms with Gasteiger partial charge in [0.1, 0.15) is 0 Å². The zero-order valence-corrected chi connectivity index (χ0v) is 16.9. The number of benzene rings is 2. The zero-order valence-electron chi connectivity index (χ0n) is 16.9. The van der Waals surface area contributed by atoms with E-state index >= 15 is 0 Å². The largest absolute Gasteiger partial charge is 0.361 e. The van der Waals surface area contributed by atoms with Crippen LogP contribution in [0.1, 0.15) is 35.4 Å². The molecule has 2 aromatic carbocycles. The van der Waals surface area contributed by atoms with Crippen molar-refractivity contribution in [1.29, 1.82) is 0 Å². The predicted molar refractivity (Wildman–Crippen MR) is 120 cm³/mol. The number of nitrogens with one attached hydrogen (secondary N) is 2. The molecular formula is C25H27N3O. The number of likely N-dealkylation sites (tertiary alicyclic amines) is 1. The first-order chi connectivity index (χ1) is 14.2. The standard InChI is InChI=1S/C25H27N3O/c1-17-6-7-20-19(15-25(29)27-24(20)14-17)10-13-28-11-8-18(9-12-28)22-16-26-23-5-3-2-4-21(22)23/h2-7,14-16,18,26H,8-13H2,1H3,(H,27,29). The van der Waals surface area contributed by atoms with Crippen molar-refractivity contribution in [3.63, 3.8) is 0 Å². The predicted octanol–water partition coefficient (Wildman–Crippen LogP) is 4.74. The molecule has 3 heterocycles. The van der Waals surface area contributed by atoms with E-state index in [1.54, 1.807) is 6.07 Å². The molecule has 2 aromatic heterocycles. The van der Waals surface area contributed by atoms with Crippen LogP contribution in [-0.4, -0.2) is 34.5 Å². The van der Waals surface area contributed by atoms with Crippen LogP contribution < -0.4 is 5.56 Å². The fourth-order valence-electron chi connectivity index (χ4n) is 4.83. The Hall–Kier alpha value is -2.85. The van der Waals surface area contributed by atoms with Gasteiger partial charge in [0.05, 0.1) is 0 Å². The second-order valence-electron chi connectivity index (χ2n) is 8.36. The number of hydrogen-bond donors (Lipinski definition) is 2. The van der Waals surface area contributed by atoms with Gasteiger partial charge >= 0.3 is 0 Å². The van der Waals surface area contributed by atoms with Crippen molar-refractivity contribution in [3.8, 4) is 0 Å². The van der Waals surface area contributed by atoms with E-state index in [1.807, 2.05) is 0 Å². The number of aromatic nitrogens is 2. The SMILES string of the molecule is Cc1ccc2c(CCN3CCC(c4c[nH]c5ccccc45)CC3)cc(=O)[nH]c2c1. The van der Waals surface area contributed by atoms with E-state index in [1.165, 1.54) is 40.3 Å². The Labute approximate surface area is 170 Å². The second-order valence-corrected chi connectivity index (χ2v) is 8.36. The topological polar surface area (TPSA) is 51.9 Å². The van der Waals surface area contributed by atoms with Crippen LogP contribution in [0.5, 0.6) is 0 Å². The van der Waals surface area contributed by atoms with Gasteiger partial charge in [-0.2, -0.15) is 0 Å². The number of aryl methyl sites for hydroxylation is 1. The maximum absolute atomic E-state index is 12.1. The molecule has 0 spiro atoms. The number of piperidine rings is 1. The van der Waals surface area contributed by atoms with E-state index in [0.29, 0.717) is 5.92 Å². The van der Waals surface area contributed by atoms with Crippen LogP contribution in [0, 0.1) is 6.92 Å². The minimum Gasteiger partial charge on any atom is -0.361 e. The van der Waals surface area contributed by atoms with Crippen molar-refractivity contribution in [2.24, 2.45) is 0 Å². The molecule has 4 nitrogen and oxygen atoms in total. The number of pyridine rings is 1. The molecule has 0 aliphatic carbocycles. The Morgan fingerprint density at radius 2 is 1.83 bits per heavy atom. The average Bonchev–Trinajstić information content (AvgIpc) is 3.16. The molecule has 1 aliphatic heterocycles. The quantitative estimate of drug-likeness (QED) is 0.533. The molecule has 0 radical (unpaired) electrons. The number of hydrogen-bond acceptors (Lipinski definition) is 2. The maximum atomic E-state index is 12.1. The summed E-state index contributed by atoms with van der Waals surface area (Å²) < 4.78 is 0. The van der Waals surface area contributed by atoms with Gasteiger partial charge in [-0.3, -0.25) is 4.79 Å². The number of aromatic amines is 2. The molecular weight excluding hydrogens is 358 g/mol. The molecule has 148 valence electrons. The van der Waals surface area contributed by atoms with Crippen molar-refractivity contribution in [2.75, 3.05) is 19.6 Å². The summed E-state index contributed by atoms with van der Waals surface area (Å²) in [7, 11) is 0. The smallest absolute Gasteiger partial charge is 0.248 e. The van der Waals surface area contributed by atoms with Gasteiger partial charge in [0.2, 0.25) is 5.56 Å². The fraction of sp³-hybridized carbons (Fsp3) is 0.320. The van der Waals surface area contributed by atoms with E-state index in [4.69, 9.17) is 0 Å². The van der Waals surface area contributed by atoms with Gasteiger partial charge in [0, 0.05) is 40.6 Å². The van der Waals surface area contributed by atoms with E-state index in [2.05, 4.69) is 70.5 Å². The minimum absolute atomic E-state index is 0.00357. The third-order valence-electron chi connectivity index (χ3n) is 6.43. The summed E-state index contributed by atoms with van der Waals surface area (Å²) in [6.07, 6.45) is 5.50. The molecule has 1 saturated heterocycles. The zero-order chi connectivity index (χ0) is 19.8. The fourth-order valence-corrected chi connectivity index (χ4v) is 4.83. The van der Waals surface area contributed by atoms with Crippen molar-refractivity contribution in [3.05, 3.63) is 81.8 Å². The highest BCUT2D eigenvalue weighted by atomic mass is 16.1.